The molecule has 0 aliphatic rings. The second kappa shape index (κ2) is 5.54. The lowest BCUT2D eigenvalue weighted by atomic mass is 10.0. The number of hydrogen-bond donors (Lipinski definition) is 2. The van der Waals surface area contributed by atoms with Gasteiger partial charge in [-0.2, -0.15) is 0 Å². The van der Waals surface area contributed by atoms with E-state index in [0.29, 0.717) is 12.8 Å². The van der Waals surface area contributed by atoms with Gasteiger partial charge in [-0.1, -0.05) is 6.92 Å². The van der Waals surface area contributed by atoms with E-state index in [1.807, 2.05) is 20.2 Å². The van der Waals surface area contributed by atoms with Crippen molar-refractivity contribution in [2.24, 2.45) is 0 Å². The predicted octanol–water partition coefficient (Wildman–Crippen LogP) is 0.909. The monoisotopic (exact) mass is 195 g/mol. The first-order chi connectivity index (χ1) is 6.77. The minimum absolute atomic E-state index is 0.0988. The third-order valence-electron chi connectivity index (χ3n) is 2.20. The maximum Gasteiger partial charge on any atom is 0.150 e. The Morgan fingerprint density at radius 2 is 2.50 bits per heavy atom. The fraction of sp³-hybridized carbons (Fsp3) is 0.600. The van der Waals surface area contributed by atoms with E-state index in [2.05, 4.69) is 15.3 Å². The molecule has 4 heteroatoms. The highest BCUT2D eigenvalue weighted by Crippen LogP contribution is 2.02. The summed E-state index contributed by atoms with van der Waals surface area (Å²) < 4.78 is 0. The highest BCUT2D eigenvalue weighted by molar-refractivity contribution is 5.84. The van der Waals surface area contributed by atoms with Gasteiger partial charge in [0.05, 0.1) is 18.1 Å². The third kappa shape index (κ3) is 2.96. The average Bonchev–Trinajstić information content (AvgIpc) is 2.66. The molecule has 2 N–H and O–H groups in total. The molecular formula is C10H17N3O. The summed E-state index contributed by atoms with van der Waals surface area (Å²) >= 11 is 0. The Hall–Kier alpha value is -1.16. The van der Waals surface area contributed by atoms with Crippen LogP contribution >= 0.6 is 0 Å². The smallest absolute Gasteiger partial charge is 0.150 e. The van der Waals surface area contributed by atoms with Crippen LogP contribution < -0.4 is 5.32 Å². The number of aromatic amines is 1. The third-order valence-corrected chi connectivity index (χ3v) is 2.20. The number of carbonyl (C=O) groups excluding carboxylic acids is 1. The summed E-state index contributed by atoms with van der Waals surface area (Å²) in [5, 5.41) is 3.02. The molecule has 0 radical (unpaired) electrons. The van der Waals surface area contributed by atoms with Crippen LogP contribution in [-0.4, -0.2) is 28.8 Å². The molecule has 0 fully saturated rings. The van der Waals surface area contributed by atoms with Crippen LogP contribution in [0.4, 0.5) is 0 Å². The minimum atomic E-state index is -0.0988. The SMILES string of the molecule is CCCC(=O)[C@H](Cc1c[nH]cn1)NC. The number of imidazole rings is 1. The lowest BCUT2D eigenvalue weighted by molar-refractivity contribution is -0.121. The topological polar surface area (TPSA) is 57.8 Å². The summed E-state index contributed by atoms with van der Waals surface area (Å²) in [6.45, 7) is 2.01. The first kappa shape index (κ1) is 10.9. The molecule has 0 aliphatic heterocycles. The highest BCUT2D eigenvalue weighted by Gasteiger charge is 2.16. The Morgan fingerprint density at radius 1 is 1.71 bits per heavy atom. The van der Waals surface area contributed by atoms with Crippen LogP contribution in [0, 0.1) is 0 Å². The van der Waals surface area contributed by atoms with E-state index < -0.39 is 0 Å². The van der Waals surface area contributed by atoms with E-state index in [1.54, 1.807) is 6.33 Å². The van der Waals surface area contributed by atoms with Crippen LogP contribution in [0.2, 0.25) is 0 Å². The summed E-state index contributed by atoms with van der Waals surface area (Å²) in [4.78, 5) is 18.6. The number of ketones is 1. The minimum Gasteiger partial charge on any atom is -0.351 e. The molecule has 0 aliphatic carbocycles. The average molecular weight is 195 g/mol. The quantitative estimate of drug-likeness (QED) is 0.709. The van der Waals surface area contributed by atoms with Crippen molar-refractivity contribution >= 4 is 5.78 Å². The zero-order valence-electron chi connectivity index (χ0n) is 8.71. The molecule has 1 heterocycles. The van der Waals surface area contributed by atoms with Gasteiger partial charge in [0.15, 0.2) is 0 Å². The van der Waals surface area contributed by atoms with Crippen LogP contribution in [-0.2, 0) is 11.2 Å². The zero-order valence-corrected chi connectivity index (χ0v) is 8.71. The number of rotatable bonds is 6. The lowest BCUT2D eigenvalue weighted by Crippen LogP contribution is -2.36. The predicted molar refractivity (Wildman–Crippen MR) is 55.1 cm³/mol. The van der Waals surface area contributed by atoms with Crippen LogP contribution in [0.25, 0.3) is 0 Å². The van der Waals surface area contributed by atoms with Gasteiger partial charge in [0.25, 0.3) is 0 Å². The van der Waals surface area contributed by atoms with Crippen LogP contribution in [0.15, 0.2) is 12.5 Å². The van der Waals surface area contributed by atoms with E-state index in [0.717, 1.165) is 12.1 Å². The van der Waals surface area contributed by atoms with Gasteiger partial charge in [-0.05, 0) is 13.5 Å². The molecule has 0 spiro atoms. The number of carbonyl (C=O) groups is 1. The van der Waals surface area contributed by atoms with Crippen LogP contribution in [0.3, 0.4) is 0 Å². The van der Waals surface area contributed by atoms with Gasteiger partial charge in [-0.25, -0.2) is 4.98 Å². The van der Waals surface area contributed by atoms with Crippen molar-refractivity contribution < 1.29 is 4.79 Å². The summed E-state index contributed by atoms with van der Waals surface area (Å²) in [7, 11) is 1.81. The molecule has 0 aromatic carbocycles. The molecule has 0 amide bonds. The second-order valence-electron chi connectivity index (χ2n) is 3.32. The van der Waals surface area contributed by atoms with Crippen molar-refractivity contribution in [3.8, 4) is 0 Å². The molecule has 1 aromatic heterocycles. The summed E-state index contributed by atoms with van der Waals surface area (Å²) in [5.74, 6) is 0.262. The fourth-order valence-electron chi connectivity index (χ4n) is 1.41. The Morgan fingerprint density at radius 3 is 3.00 bits per heavy atom. The van der Waals surface area contributed by atoms with Gasteiger partial charge in [0, 0.05) is 19.0 Å². The van der Waals surface area contributed by atoms with Crippen molar-refractivity contribution in [3.63, 3.8) is 0 Å². The number of Topliss-reactive ketones (excluding diaryl/α,β-unsaturated/α-hetero) is 1. The van der Waals surface area contributed by atoms with Crippen molar-refractivity contribution in [1.29, 1.82) is 0 Å². The number of H-pyrrole nitrogens is 1. The molecule has 0 saturated heterocycles. The molecule has 1 atom stereocenters. The van der Waals surface area contributed by atoms with Gasteiger partial charge < -0.3 is 10.3 Å². The summed E-state index contributed by atoms with van der Waals surface area (Å²) in [6.07, 6.45) is 5.66. The Balaban J connectivity index is 2.50. The molecule has 1 aromatic rings. The van der Waals surface area contributed by atoms with E-state index in [4.69, 9.17) is 0 Å². The summed E-state index contributed by atoms with van der Waals surface area (Å²) in [5.41, 5.74) is 0.925. The van der Waals surface area contributed by atoms with Gasteiger partial charge in [-0.3, -0.25) is 4.79 Å². The molecule has 1 rings (SSSR count). The van der Waals surface area contributed by atoms with Gasteiger partial charge in [0.2, 0.25) is 0 Å². The largest absolute Gasteiger partial charge is 0.351 e. The standard InChI is InChI=1S/C10H17N3O/c1-3-4-10(14)9(11-2)5-8-6-12-7-13-8/h6-7,9,11H,3-5H2,1-2H3,(H,12,13)/t9-/m0/s1. The number of nitrogens with zero attached hydrogens (tertiary/aromatic N) is 1. The number of hydrogen-bond acceptors (Lipinski definition) is 3. The molecule has 0 saturated carbocycles. The molecule has 0 bridgehead atoms. The van der Waals surface area contributed by atoms with Gasteiger partial charge in [0.1, 0.15) is 5.78 Å². The first-order valence-corrected chi connectivity index (χ1v) is 4.95. The van der Waals surface area contributed by atoms with Crippen LogP contribution in [0.1, 0.15) is 25.5 Å². The Kier molecular flexibility index (Phi) is 4.32. The normalized spacial score (nSPS) is 12.7. The van der Waals surface area contributed by atoms with E-state index in [1.165, 1.54) is 0 Å². The van der Waals surface area contributed by atoms with E-state index >= 15 is 0 Å². The maximum absolute atomic E-state index is 11.6. The second-order valence-corrected chi connectivity index (χ2v) is 3.32. The van der Waals surface area contributed by atoms with Gasteiger partial charge in [-0.15, -0.1) is 0 Å². The Bertz CT molecular complexity index is 269. The summed E-state index contributed by atoms with van der Waals surface area (Å²) in [6, 6.07) is -0.0988. The molecule has 4 nitrogen and oxygen atoms in total. The first-order valence-electron chi connectivity index (χ1n) is 4.95. The fourth-order valence-corrected chi connectivity index (χ4v) is 1.41. The number of nitrogens with one attached hydrogen (secondary N) is 2. The molecule has 0 unspecified atom stereocenters. The van der Waals surface area contributed by atoms with E-state index in [-0.39, 0.29) is 11.8 Å². The number of aromatic nitrogens is 2. The van der Waals surface area contributed by atoms with Crippen molar-refractivity contribution in [2.75, 3.05) is 7.05 Å². The zero-order chi connectivity index (χ0) is 10.4. The molecule has 78 valence electrons. The Labute approximate surface area is 84.1 Å². The lowest BCUT2D eigenvalue weighted by Gasteiger charge is -2.12. The number of likely N-dealkylation sites (N-methyl/N-ethyl adjacent to an activating group) is 1. The molecule has 14 heavy (non-hydrogen) atoms. The van der Waals surface area contributed by atoms with Crippen molar-refractivity contribution in [3.05, 3.63) is 18.2 Å². The maximum atomic E-state index is 11.6. The van der Waals surface area contributed by atoms with E-state index in [9.17, 15) is 4.79 Å². The molecular weight excluding hydrogens is 178 g/mol. The van der Waals surface area contributed by atoms with Crippen molar-refractivity contribution in [2.45, 2.75) is 32.2 Å². The van der Waals surface area contributed by atoms with Crippen LogP contribution in [0.5, 0.6) is 0 Å². The van der Waals surface area contributed by atoms with Crippen molar-refractivity contribution in [1.82, 2.24) is 15.3 Å². The van der Waals surface area contributed by atoms with Gasteiger partial charge >= 0.3 is 0 Å². The highest BCUT2D eigenvalue weighted by atomic mass is 16.1.